The molecule has 1 aliphatic carbocycles. The highest BCUT2D eigenvalue weighted by atomic mass is 32.2. The summed E-state index contributed by atoms with van der Waals surface area (Å²) in [6.45, 7) is 0.804. The van der Waals surface area contributed by atoms with Crippen LogP contribution in [-0.2, 0) is 0 Å². The summed E-state index contributed by atoms with van der Waals surface area (Å²) >= 11 is 1.84. The maximum Gasteiger partial charge on any atom is 0.337 e. The Hall–Kier alpha value is -1.36. The molecule has 0 bridgehead atoms. The predicted molar refractivity (Wildman–Crippen MR) is 71.8 cm³/mol. The number of rotatable bonds is 5. The number of carboxylic acids is 1. The highest BCUT2D eigenvalue weighted by molar-refractivity contribution is 8.00. The summed E-state index contributed by atoms with van der Waals surface area (Å²) in [5.41, 5.74) is 6.95. The van der Waals surface area contributed by atoms with E-state index in [1.807, 2.05) is 11.8 Å². The van der Waals surface area contributed by atoms with Crippen LogP contribution < -0.4 is 11.1 Å². The molecule has 1 aliphatic rings. The van der Waals surface area contributed by atoms with Crippen LogP contribution in [-0.4, -0.2) is 28.6 Å². The fraction of sp³-hybridized carbons (Fsp3) is 0.417. The minimum Gasteiger partial charge on any atom is -0.478 e. The van der Waals surface area contributed by atoms with Gasteiger partial charge in [0.15, 0.2) is 0 Å². The topological polar surface area (TPSA) is 75.3 Å². The van der Waals surface area contributed by atoms with Crippen molar-refractivity contribution in [2.75, 3.05) is 23.9 Å². The number of anilines is 2. The molecule has 0 atom stereocenters. The third-order valence-corrected chi connectivity index (χ3v) is 4.53. The number of nitrogen functional groups attached to an aromatic ring is 1. The zero-order chi connectivity index (χ0) is 12.5. The molecule has 0 unspecified atom stereocenters. The average molecular weight is 252 g/mol. The molecule has 1 fully saturated rings. The van der Waals surface area contributed by atoms with Crippen LogP contribution >= 0.6 is 11.8 Å². The van der Waals surface area contributed by atoms with E-state index in [0.717, 1.165) is 6.54 Å². The van der Waals surface area contributed by atoms with E-state index < -0.39 is 5.97 Å². The van der Waals surface area contributed by atoms with E-state index in [4.69, 9.17) is 10.8 Å². The molecule has 4 N–H and O–H groups in total. The SMILES string of the molecule is CSC1(CNc2ccc(N)cc2C(=O)O)CC1. The van der Waals surface area contributed by atoms with Gasteiger partial charge in [0.05, 0.1) is 5.56 Å². The monoisotopic (exact) mass is 252 g/mol. The largest absolute Gasteiger partial charge is 0.478 e. The molecule has 1 aromatic carbocycles. The van der Waals surface area contributed by atoms with Crippen LogP contribution in [0.2, 0.25) is 0 Å². The molecule has 0 radical (unpaired) electrons. The highest BCUT2D eigenvalue weighted by Gasteiger charge is 2.41. The second kappa shape index (κ2) is 4.49. The second-order valence-electron chi connectivity index (χ2n) is 4.35. The summed E-state index contributed by atoms with van der Waals surface area (Å²) in [6.07, 6.45) is 4.48. The number of hydrogen-bond donors (Lipinski definition) is 3. The lowest BCUT2D eigenvalue weighted by molar-refractivity contribution is 0.0698. The van der Waals surface area contributed by atoms with Crippen LogP contribution in [0.5, 0.6) is 0 Å². The number of carbonyl (C=O) groups is 1. The summed E-state index contributed by atoms with van der Waals surface area (Å²) in [7, 11) is 0. The molecule has 0 aliphatic heterocycles. The van der Waals surface area contributed by atoms with Crippen molar-refractivity contribution in [2.24, 2.45) is 0 Å². The van der Waals surface area contributed by atoms with Crippen LogP contribution in [0, 0.1) is 0 Å². The molecule has 17 heavy (non-hydrogen) atoms. The first-order valence-corrected chi connectivity index (χ1v) is 6.71. The van der Waals surface area contributed by atoms with Crippen LogP contribution in [0.4, 0.5) is 11.4 Å². The van der Waals surface area contributed by atoms with Gasteiger partial charge in [-0.1, -0.05) is 0 Å². The van der Waals surface area contributed by atoms with Crippen molar-refractivity contribution in [3.05, 3.63) is 23.8 Å². The lowest BCUT2D eigenvalue weighted by Crippen LogP contribution is -2.19. The van der Waals surface area contributed by atoms with E-state index in [2.05, 4.69) is 11.6 Å². The molecule has 0 aromatic heterocycles. The van der Waals surface area contributed by atoms with Gasteiger partial charge in [0.2, 0.25) is 0 Å². The Kier molecular flexibility index (Phi) is 3.19. The first-order valence-electron chi connectivity index (χ1n) is 5.48. The Balaban J connectivity index is 2.12. The van der Waals surface area contributed by atoms with E-state index in [1.165, 1.54) is 18.9 Å². The first kappa shape index (κ1) is 12.1. The second-order valence-corrected chi connectivity index (χ2v) is 5.63. The minimum atomic E-state index is -0.950. The Morgan fingerprint density at radius 1 is 1.59 bits per heavy atom. The Morgan fingerprint density at radius 2 is 2.29 bits per heavy atom. The van der Waals surface area contributed by atoms with Gasteiger partial charge in [-0.3, -0.25) is 0 Å². The van der Waals surface area contributed by atoms with E-state index >= 15 is 0 Å². The molecule has 1 aromatic rings. The van der Waals surface area contributed by atoms with Gasteiger partial charge in [0.25, 0.3) is 0 Å². The lowest BCUT2D eigenvalue weighted by Gasteiger charge is -2.15. The van der Waals surface area contributed by atoms with Gasteiger partial charge in [-0.25, -0.2) is 4.79 Å². The Morgan fingerprint density at radius 3 is 2.82 bits per heavy atom. The van der Waals surface area contributed by atoms with Gasteiger partial charge < -0.3 is 16.2 Å². The van der Waals surface area contributed by atoms with Crippen LogP contribution in [0.15, 0.2) is 18.2 Å². The molecular formula is C12H16N2O2S. The third kappa shape index (κ3) is 2.66. The quantitative estimate of drug-likeness (QED) is 0.701. The summed E-state index contributed by atoms with van der Waals surface area (Å²) in [4.78, 5) is 11.1. The zero-order valence-electron chi connectivity index (χ0n) is 9.69. The van der Waals surface area contributed by atoms with Crippen molar-refractivity contribution in [2.45, 2.75) is 17.6 Å². The van der Waals surface area contributed by atoms with E-state index in [0.29, 0.717) is 16.1 Å². The minimum absolute atomic E-state index is 0.238. The van der Waals surface area contributed by atoms with Crippen molar-refractivity contribution >= 4 is 29.1 Å². The van der Waals surface area contributed by atoms with Gasteiger partial charge in [-0.2, -0.15) is 11.8 Å². The van der Waals surface area contributed by atoms with Crippen molar-refractivity contribution < 1.29 is 9.90 Å². The van der Waals surface area contributed by atoms with Gasteiger partial charge in [-0.05, 0) is 37.3 Å². The summed E-state index contributed by atoms with van der Waals surface area (Å²) in [5.74, 6) is -0.950. The molecule has 0 spiro atoms. The fourth-order valence-corrected chi connectivity index (χ4v) is 2.47. The van der Waals surface area contributed by atoms with Crippen LogP contribution in [0.1, 0.15) is 23.2 Å². The molecule has 5 heteroatoms. The molecule has 0 amide bonds. The summed E-state index contributed by atoms with van der Waals surface area (Å²) in [5, 5.41) is 12.3. The third-order valence-electron chi connectivity index (χ3n) is 3.12. The molecular weight excluding hydrogens is 236 g/mol. The lowest BCUT2D eigenvalue weighted by atomic mass is 10.1. The number of nitrogens with two attached hydrogens (primary N) is 1. The number of benzene rings is 1. The van der Waals surface area contributed by atoms with Gasteiger partial charge in [-0.15, -0.1) is 0 Å². The molecule has 0 saturated heterocycles. The first-order chi connectivity index (χ1) is 8.06. The number of aromatic carboxylic acids is 1. The van der Waals surface area contributed by atoms with E-state index in [9.17, 15) is 4.79 Å². The summed E-state index contributed by atoms with van der Waals surface area (Å²) in [6, 6.07) is 4.94. The normalized spacial score (nSPS) is 16.5. The molecule has 4 nitrogen and oxygen atoms in total. The van der Waals surface area contributed by atoms with E-state index in [-0.39, 0.29) is 5.56 Å². The van der Waals surface area contributed by atoms with Gasteiger partial charge in [0, 0.05) is 22.7 Å². The van der Waals surface area contributed by atoms with Crippen molar-refractivity contribution in [3.8, 4) is 0 Å². The van der Waals surface area contributed by atoms with Crippen LogP contribution in [0.3, 0.4) is 0 Å². The van der Waals surface area contributed by atoms with Gasteiger partial charge in [0.1, 0.15) is 0 Å². The highest BCUT2D eigenvalue weighted by Crippen LogP contribution is 2.47. The van der Waals surface area contributed by atoms with E-state index in [1.54, 1.807) is 12.1 Å². The maximum atomic E-state index is 11.1. The molecule has 2 rings (SSSR count). The number of hydrogen-bond acceptors (Lipinski definition) is 4. The molecule has 0 heterocycles. The van der Waals surface area contributed by atoms with Gasteiger partial charge >= 0.3 is 5.97 Å². The Bertz CT molecular complexity index is 444. The van der Waals surface area contributed by atoms with Crippen molar-refractivity contribution in [3.63, 3.8) is 0 Å². The number of carboxylic acid groups (broad SMARTS) is 1. The van der Waals surface area contributed by atoms with Crippen molar-refractivity contribution in [1.29, 1.82) is 0 Å². The average Bonchev–Trinajstić information content (AvgIpc) is 3.08. The standard InChI is InChI=1S/C12H16N2O2S/c1-17-12(4-5-12)7-14-10-3-2-8(13)6-9(10)11(15)16/h2-3,6,14H,4-5,7,13H2,1H3,(H,15,16). The maximum absolute atomic E-state index is 11.1. The zero-order valence-corrected chi connectivity index (χ0v) is 10.5. The number of nitrogens with one attached hydrogen (secondary N) is 1. The molecule has 92 valence electrons. The Labute approximate surface area is 105 Å². The number of thioether (sulfide) groups is 1. The molecule has 1 saturated carbocycles. The predicted octanol–water partition coefficient (Wildman–Crippen LogP) is 2.27. The van der Waals surface area contributed by atoms with Crippen molar-refractivity contribution in [1.82, 2.24) is 0 Å². The smallest absolute Gasteiger partial charge is 0.337 e. The summed E-state index contributed by atoms with van der Waals surface area (Å²) < 4.78 is 0.303. The fourth-order valence-electron chi connectivity index (χ4n) is 1.74. The van der Waals surface area contributed by atoms with Crippen LogP contribution in [0.25, 0.3) is 0 Å².